The summed E-state index contributed by atoms with van der Waals surface area (Å²) in [6, 6.07) is 0. The molecule has 0 saturated carbocycles. The number of hydrogen-bond donors (Lipinski definition) is 0. The zero-order chi connectivity index (χ0) is 39.6. The van der Waals surface area contributed by atoms with E-state index in [2.05, 4.69) is 57.2 Å². The van der Waals surface area contributed by atoms with Crippen molar-refractivity contribution in [2.24, 2.45) is 0 Å². The molecular formula is C54H105Sn+. The van der Waals surface area contributed by atoms with E-state index < -0.39 is 19.8 Å². The van der Waals surface area contributed by atoms with Gasteiger partial charge in [-0.3, -0.25) is 0 Å². The van der Waals surface area contributed by atoms with Crippen molar-refractivity contribution in [1.82, 2.24) is 0 Å². The van der Waals surface area contributed by atoms with Crippen LogP contribution in [0.3, 0.4) is 0 Å². The van der Waals surface area contributed by atoms with Gasteiger partial charge in [-0.1, -0.05) is 117 Å². The Bertz CT molecular complexity index is 648. The molecule has 0 aliphatic heterocycles. The molecule has 1 heteroatoms. The molecule has 0 aromatic rings. The monoisotopic (exact) mass is 874 g/mol. The number of hydrogen-bond acceptors (Lipinski definition) is 0. The van der Waals surface area contributed by atoms with Gasteiger partial charge in [0, 0.05) is 0 Å². The molecule has 0 rings (SSSR count). The molecule has 0 amide bonds. The normalized spacial score (nSPS) is 12.1. The summed E-state index contributed by atoms with van der Waals surface area (Å²) in [4.78, 5) is 0. The summed E-state index contributed by atoms with van der Waals surface area (Å²) < 4.78 is 5.12. The number of unbranched alkanes of at least 4 members (excludes halogenated alkanes) is 36. The molecule has 0 N–H and O–H groups in total. The molecule has 0 atom stereocenters. The SMILES string of the molecule is CCCCCCCC/C=C\CCCCCCC[CH2][Sn+]([CH2]CCCCCCC/C=C\CCCCCCCC)[CH2]CCCCCCC/C=C\CCCCCCCC. The molecule has 0 nitrogen and oxygen atoms in total. The van der Waals surface area contributed by atoms with Gasteiger partial charge < -0.3 is 0 Å². The Hall–Kier alpha value is 0.0187. The van der Waals surface area contributed by atoms with Crippen molar-refractivity contribution >= 4 is 19.8 Å². The first-order valence-electron chi connectivity index (χ1n) is 26.1. The van der Waals surface area contributed by atoms with Crippen LogP contribution in [-0.4, -0.2) is 19.8 Å². The van der Waals surface area contributed by atoms with Crippen LogP contribution in [0.1, 0.15) is 290 Å². The minimum absolute atomic E-state index is 1.18. The summed E-state index contributed by atoms with van der Waals surface area (Å²) >= 11 is -1.18. The molecule has 0 aliphatic carbocycles. The third-order valence-corrected chi connectivity index (χ3v) is 21.2. The van der Waals surface area contributed by atoms with Gasteiger partial charge in [-0.25, -0.2) is 0 Å². The van der Waals surface area contributed by atoms with Crippen molar-refractivity contribution in [3.63, 3.8) is 0 Å². The van der Waals surface area contributed by atoms with Gasteiger partial charge in [-0.15, -0.1) is 0 Å². The summed E-state index contributed by atoms with van der Waals surface area (Å²) in [7, 11) is 0. The summed E-state index contributed by atoms with van der Waals surface area (Å²) in [6.07, 6.45) is 75.2. The van der Waals surface area contributed by atoms with Crippen molar-refractivity contribution < 1.29 is 0 Å². The maximum atomic E-state index is 2.48. The molecule has 0 aliphatic rings. The van der Waals surface area contributed by atoms with Crippen LogP contribution in [-0.2, 0) is 0 Å². The van der Waals surface area contributed by atoms with Gasteiger partial charge in [0.15, 0.2) is 0 Å². The summed E-state index contributed by atoms with van der Waals surface area (Å²) in [5.41, 5.74) is 0. The molecule has 0 aromatic carbocycles. The van der Waals surface area contributed by atoms with Crippen molar-refractivity contribution in [2.75, 3.05) is 0 Å². The second kappa shape index (κ2) is 52.0. The fourth-order valence-electron chi connectivity index (χ4n) is 8.24. The molecule has 0 saturated heterocycles. The number of rotatable bonds is 48. The Morgan fingerprint density at radius 1 is 0.200 bits per heavy atom. The average molecular weight is 873 g/mol. The minimum Gasteiger partial charge on any atom is -0.0654 e. The van der Waals surface area contributed by atoms with E-state index >= 15 is 0 Å². The van der Waals surface area contributed by atoms with Gasteiger partial charge in [0.25, 0.3) is 0 Å². The van der Waals surface area contributed by atoms with Gasteiger partial charge in [0.2, 0.25) is 0 Å². The van der Waals surface area contributed by atoms with Crippen LogP contribution in [0.2, 0.25) is 13.3 Å². The number of allylic oxidation sites excluding steroid dienone is 6. The van der Waals surface area contributed by atoms with Crippen LogP contribution in [0.25, 0.3) is 0 Å². The zero-order valence-electron chi connectivity index (χ0n) is 38.8. The van der Waals surface area contributed by atoms with E-state index in [9.17, 15) is 0 Å². The van der Waals surface area contributed by atoms with E-state index in [0.29, 0.717) is 0 Å². The quantitative estimate of drug-likeness (QED) is 0.0325. The Morgan fingerprint density at radius 3 is 0.564 bits per heavy atom. The second-order valence-corrected chi connectivity index (χ2v) is 26.4. The third kappa shape index (κ3) is 50.1. The van der Waals surface area contributed by atoms with E-state index in [1.165, 1.54) is 250 Å². The first-order valence-corrected chi connectivity index (χ1v) is 32.2. The smallest absolute Gasteiger partial charge is 0.0654 e. The molecule has 0 heterocycles. The summed E-state index contributed by atoms with van der Waals surface area (Å²) in [5, 5.41) is 0. The first kappa shape index (κ1) is 55.0. The van der Waals surface area contributed by atoms with Crippen LogP contribution in [0.5, 0.6) is 0 Å². The third-order valence-electron chi connectivity index (χ3n) is 12.1. The second-order valence-electron chi connectivity index (χ2n) is 17.8. The summed E-state index contributed by atoms with van der Waals surface area (Å²) in [6.45, 7) is 6.93. The zero-order valence-corrected chi connectivity index (χ0v) is 41.6. The average Bonchev–Trinajstić information content (AvgIpc) is 3.20. The van der Waals surface area contributed by atoms with Gasteiger partial charge in [-0.2, -0.15) is 0 Å². The van der Waals surface area contributed by atoms with E-state index in [0.717, 1.165) is 0 Å². The van der Waals surface area contributed by atoms with Crippen LogP contribution < -0.4 is 0 Å². The summed E-state index contributed by atoms with van der Waals surface area (Å²) in [5.74, 6) is 0. The predicted octanol–water partition coefficient (Wildman–Crippen LogP) is 20.6. The standard InChI is InChI=1S/3C18H35.Sn/c3*1-3-5-7-9-11-13-15-17-18-16-14-12-10-8-6-4-2;/h3*17-18H,1,3-16H2,2H3;/q;;;+1/b3*18-17-;. The fourth-order valence-corrected chi connectivity index (χ4v) is 16.8. The fraction of sp³-hybridized carbons (Fsp3) is 0.889. The van der Waals surface area contributed by atoms with Crippen LogP contribution in [0.4, 0.5) is 0 Å². The molecular weight excluding hydrogens is 767 g/mol. The van der Waals surface area contributed by atoms with Gasteiger partial charge in [0.05, 0.1) is 0 Å². The molecule has 0 fully saturated rings. The van der Waals surface area contributed by atoms with Crippen LogP contribution in [0.15, 0.2) is 36.5 Å². The molecule has 55 heavy (non-hydrogen) atoms. The van der Waals surface area contributed by atoms with Crippen molar-refractivity contribution in [2.45, 2.75) is 304 Å². The molecule has 0 unspecified atom stereocenters. The Labute approximate surface area is 357 Å². The van der Waals surface area contributed by atoms with E-state index in [1.807, 2.05) is 0 Å². The maximum absolute atomic E-state index is 2.48. The molecule has 0 bridgehead atoms. The Balaban J connectivity index is 4.05. The molecule has 0 radical (unpaired) electrons. The van der Waals surface area contributed by atoms with E-state index in [4.69, 9.17) is 0 Å². The van der Waals surface area contributed by atoms with Gasteiger partial charge in [0.1, 0.15) is 0 Å². The van der Waals surface area contributed by atoms with Gasteiger partial charge >= 0.3 is 243 Å². The predicted molar refractivity (Wildman–Crippen MR) is 259 cm³/mol. The van der Waals surface area contributed by atoms with E-state index in [1.54, 1.807) is 32.6 Å². The van der Waals surface area contributed by atoms with Crippen LogP contribution in [0, 0.1) is 0 Å². The Morgan fingerprint density at radius 2 is 0.364 bits per heavy atom. The molecule has 0 spiro atoms. The topological polar surface area (TPSA) is 0 Å². The van der Waals surface area contributed by atoms with Gasteiger partial charge in [-0.05, 0) is 0 Å². The first-order chi connectivity index (χ1) is 27.3. The Kier molecular flexibility index (Phi) is 52.1. The van der Waals surface area contributed by atoms with Crippen molar-refractivity contribution in [3.05, 3.63) is 36.5 Å². The van der Waals surface area contributed by atoms with Crippen molar-refractivity contribution in [1.29, 1.82) is 0 Å². The molecule has 0 aromatic heterocycles. The van der Waals surface area contributed by atoms with Crippen LogP contribution >= 0.6 is 0 Å². The molecule has 324 valence electrons. The minimum atomic E-state index is -1.18. The van der Waals surface area contributed by atoms with Crippen molar-refractivity contribution in [3.8, 4) is 0 Å². The van der Waals surface area contributed by atoms with E-state index in [-0.39, 0.29) is 0 Å².